The molecular weight excluding hydrogens is 260 g/mol. The molecular formula is C10H12N2O5S. The van der Waals surface area contributed by atoms with E-state index in [1.54, 1.807) is 6.92 Å². The number of carboxylic acids is 1. The fourth-order valence-corrected chi connectivity index (χ4v) is 1.96. The van der Waals surface area contributed by atoms with Crippen LogP contribution in [-0.4, -0.2) is 27.9 Å². The predicted octanol–water partition coefficient (Wildman–Crippen LogP) is 1.64. The number of carbonyl (C=O) groups excluding carboxylic acids is 1. The molecule has 1 aromatic rings. The minimum Gasteiger partial charge on any atom is -0.481 e. The summed E-state index contributed by atoms with van der Waals surface area (Å²) in [5.41, 5.74) is 0.217. The summed E-state index contributed by atoms with van der Waals surface area (Å²) in [4.78, 5) is 31.9. The van der Waals surface area contributed by atoms with Crippen molar-refractivity contribution in [1.82, 2.24) is 5.32 Å². The molecule has 0 aliphatic carbocycles. The van der Waals surface area contributed by atoms with Crippen LogP contribution in [0.5, 0.6) is 0 Å². The first-order valence-electron chi connectivity index (χ1n) is 5.15. The topological polar surface area (TPSA) is 110 Å². The van der Waals surface area contributed by atoms with E-state index in [1.807, 2.05) is 0 Å². The van der Waals surface area contributed by atoms with Gasteiger partial charge in [-0.1, -0.05) is 11.3 Å². The molecule has 1 aromatic heterocycles. The number of amides is 1. The van der Waals surface area contributed by atoms with Gasteiger partial charge in [-0.05, 0) is 13.3 Å². The maximum Gasteiger partial charge on any atom is 0.324 e. The first-order chi connectivity index (χ1) is 8.40. The van der Waals surface area contributed by atoms with Gasteiger partial charge in [-0.15, -0.1) is 0 Å². The molecule has 0 radical (unpaired) electrons. The number of hydrogen-bond acceptors (Lipinski definition) is 5. The average molecular weight is 272 g/mol. The van der Waals surface area contributed by atoms with Crippen molar-refractivity contribution in [1.29, 1.82) is 0 Å². The van der Waals surface area contributed by atoms with Crippen LogP contribution in [0.3, 0.4) is 0 Å². The van der Waals surface area contributed by atoms with E-state index < -0.39 is 16.8 Å². The first-order valence-corrected chi connectivity index (χ1v) is 6.03. The molecule has 0 aliphatic rings. The standard InChI is InChI=1S/C10H12N2O5S/c1-6(2-3-9(13)14)11-10(15)7-4-8(12(16)17)18-5-7/h4-6H,2-3H2,1H3,(H,11,15)(H,13,14). The number of nitrogens with one attached hydrogen (secondary N) is 1. The highest BCUT2D eigenvalue weighted by atomic mass is 32.1. The molecule has 98 valence electrons. The van der Waals surface area contributed by atoms with Crippen LogP contribution in [0.4, 0.5) is 5.00 Å². The van der Waals surface area contributed by atoms with Gasteiger partial charge in [0, 0.05) is 23.9 Å². The first kappa shape index (κ1) is 14.1. The highest BCUT2D eigenvalue weighted by molar-refractivity contribution is 7.13. The van der Waals surface area contributed by atoms with Crippen molar-refractivity contribution in [3.8, 4) is 0 Å². The van der Waals surface area contributed by atoms with E-state index in [-0.39, 0.29) is 23.0 Å². The Kier molecular flexibility index (Phi) is 4.78. The molecule has 1 amide bonds. The van der Waals surface area contributed by atoms with Gasteiger partial charge in [0.25, 0.3) is 5.91 Å². The molecule has 1 rings (SSSR count). The van der Waals surface area contributed by atoms with Gasteiger partial charge in [-0.25, -0.2) is 0 Å². The Hall–Kier alpha value is -1.96. The van der Waals surface area contributed by atoms with Crippen LogP contribution in [0.2, 0.25) is 0 Å². The van der Waals surface area contributed by atoms with Gasteiger partial charge >= 0.3 is 11.0 Å². The molecule has 0 spiro atoms. The Morgan fingerprint density at radius 3 is 2.78 bits per heavy atom. The lowest BCUT2D eigenvalue weighted by atomic mass is 10.1. The van der Waals surface area contributed by atoms with Crippen LogP contribution in [0.15, 0.2) is 11.4 Å². The second-order valence-corrected chi connectivity index (χ2v) is 4.63. The van der Waals surface area contributed by atoms with Crippen molar-refractivity contribution in [2.45, 2.75) is 25.8 Å². The SMILES string of the molecule is CC(CCC(=O)O)NC(=O)c1csc([N+](=O)[O-])c1. The Morgan fingerprint density at radius 2 is 2.28 bits per heavy atom. The zero-order chi connectivity index (χ0) is 13.7. The second kappa shape index (κ2) is 6.10. The normalized spacial score (nSPS) is 11.8. The van der Waals surface area contributed by atoms with Gasteiger partial charge in [0.15, 0.2) is 0 Å². The smallest absolute Gasteiger partial charge is 0.324 e. The van der Waals surface area contributed by atoms with Crippen LogP contribution >= 0.6 is 11.3 Å². The number of nitrogens with zero attached hydrogens (tertiary/aromatic N) is 1. The van der Waals surface area contributed by atoms with E-state index in [0.717, 1.165) is 11.3 Å². The lowest BCUT2D eigenvalue weighted by Gasteiger charge is -2.11. The Labute approximate surface area is 107 Å². The van der Waals surface area contributed by atoms with Crippen molar-refractivity contribution < 1.29 is 19.6 Å². The molecule has 0 saturated heterocycles. The minimum atomic E-state index is -0.928. The quantitative estimate of drug-likeness (QED) is 0.604. The number of carboxylic acid groups (broad SMARTS) is 1. The molecule has 1 unspecified atom stereocenters. The van der Waals surface area contributed by atoms with Crippen LogP contribution in [0.1, 0.15) is 30.1 Å². The molecule has 0 fully saturated rings. The molecule has 7 nitrogen and oxygen atoms in total. The van der Waals surface area contributed by atoms with Crippen LogP contribution in [0.25, 0.3) is 0 Å². The van der Waals surface area contributed by atoms with Crippen LogP contribution in [0, 0.1) is 10.1 Å². The van der Waals surface area contributed by atoms with E-state index >= 15 is 0 Å². The molecule has 1 atom stereocenters. The predicted molar refractivity (Wildman–Crippen MR) is 64.8 cm³/mol. The maximum atomic E-state index is 11.7. The van der Waals surface area contributed by atoms with Crippen molar-refractivity contribution in [3.63, 3.8) is 0 Å². The molecule has 18 heavy (non-hydrogen) atoms. The van der Waals surface area contributed by atoms with Crippen molar-refractivity contribution in [2.24, 2.45) is 0 Å². The van der Waals surface area contributed by atoms with Gasteiger partial charge in [-0.2, -0.15) is 0 Å². The van der Waals surface area contributed by atoms with E-state index in [1.165, 1.54) is 11.4 Å². The Balaban J connectivity index is 2.53. The lowest BCUT2D eigenvalue weighted by molar-refractivity contribution is -0.380. The summed E-state index contributed by atoms with van der Waals surface area (Å²) in [5.74, 6) is -1.36. The molecule has 0 bridgehead atoms. The number of hydrogen-bond donors (Lipinski definition) is 2. The van der Waals surface area contributed by atoms with Crippen molar-refractivity contribution in [3.05, 3.63) is 27.1 Å². The fourth-order valence-electron chi connectivity index (χ4n) is 1.26. The third-order valence-corrected chi connectivity index (χ3v) is 3.08. The van der Waals surface area contributed by atoms with Gasteiger partial charge < -0.3 is 10.4 Å². The Bertz CT molecular complexity index is 471. The minimum absolute atomic E-state index is 0.0365. The van der Waals surface area contributed by atoms with Crippen LogP contribution < -0.4 is 5.32 Å². The summed E-state index contributed by atoms with van der Waals surface area (Å²) in [6.45, 7) is 1.68. The molecule has 0 saturated carbocycles. The van der Waals surface area contributed by atoms with E-state index in [9.17, 15) is 19.7 Å². The highest BCUT2D eigenvalue weighted by Crippen LogP contribution is 2.22. The molecule has 2 N–H and O–H groups in total. The summed E-state index contributed by atoms with van der Waals surface area (Å²) >= 11 is 0.877. The summed E-state index contributed by atoms with van der Waals surface area (Å²) in [5, 5.41) is 22.8. The van der Waals surface area contributed by atoms with Gasteiger partial charge in [0.05, 0.1) is 10.5 Å². The molecule has 0 aromatic carbocycles. The summed E-state index contributed by atoms with van der Waals surface area (Å²) in [6.07, 6.45) is 0.276. The van der Waals surface area contributed by atoms with E-state index in [0.29, 0.717) is 6.42 Å². The lowest BCUT2D eigenvalue weighted by Crippen LogP contribution is -2.32. The average Bonchev–Trinajstić information content (AvgIpc) is 2.75. The van der Waals surface area contributed by atoms with Crippen molar-refractivity contribution >= 4 is 28.2 Å². The third-order valence-electron chi connectivity index (χ3n) is 2.20. The number of carbonyl (C=O) groups is 2. The summed E-state index contributed by atoms with van der Waals surface area (Å²) in [6, 6.07) is 0.900. The summed E-state index contributed by atoms with van der Waals surface area (Å²) in [7, 11) is 0. The third kappa shape index (κ3) is 4.13. The zero-order valence-corrected chi connectivity index (χ0v) is 10.4. The monoisotopic (exact) mass is 272 g/mol. The number of rotatable bonds is 6. The summed E-state index contributed by atoms with van der Waals surface area (Å²) < 4.78 is 0. The largest absolute Gasteiger partial charge is 0.481 e. The second-order valence-electron chi connectivity index (χ2n) is 3.74. The van der Waals surface area contributed by atoms with Gasteiger partial charge in [-0.3, -0.25) is 19.7 Å². The molecule has 0 aliphatic heterocycles. The van der Waals surface area contributed by atoms with E-state index in [4.69, 9.17) is 5.11 Å². The molecule has 8 heteroatoms. The highest BCUT2D eigenvalue weighted by Gasteiger charge is 2.16. The zero-order valence-electron chi connectivity index (χ0n) is 9.58. The number of aliphatic carboxylic acids is 1. The number of nitro groups is 1. The van der Waals surface area contributed by atoms with Gasteiger partial charge in [0.2, 0.25) is 0 Å². The van der Waals surface area contributed by atoms with Gasteiger partial charge in [0.1, 0.15) is 0 Å². The van der Waals surface area contributed by atoms with Crippen molar-refractivity contribution in [2.75, 3.05) is 0 Å². The fraction of sp³-hybridized carbons (Fsp3) is 0.400. The number of thiophene rings is 1. The van der Waals surface area contributed by atoms with E-state index in [2.05, 4.69) is 5.32 Å². The molecule has 1 heterocycles. The maximum absolute atomic E-state index is 11.7. The van der Waals surface area contributed by atoms with Crippen LogP contribution in [-0.2, 0) is 4.79 Å². The Morgan fingerprint density at radius 1 is 1.61 bits per heavy atom.